The maximum Gasteiger partial charge on any atom is 0.264 e. The number of ketones is 1. The van der Waals surface area contributed by atoms with Crippen molar-refractivity contribution in [2.75, 3.05) is 25.2 Å². The average molecular weight is 431 g/mol. The highest BCUT2D eigenvalue weighted by atomic mass is 16.5. The van der Waals surface area contributed by atoms with Gasteiger partial charge in [0, 0.05) is 5.56 Å². The first-order valence-corrected chi connectivity index (χ1v) is 10.4. The predicted octanol–water partition coefficient (Wildman–Crippen LogP) is 3.89. The van der Waals surface area contributed by atoms with Gasteiger partial charge in [0.15, 0.2) is 11.4 Å². The fourth-order valence-electron chi connectivity index (χ4n) is 4.07. The zero-order valence-electron chi connectivity index (χ0n) is 18.1. The lowest BCUT2D eigenvalue weighted by Crippen LogP contribution is -2.43. The van der Waals surface area contributed by atoms with Crippen LogP contribution >= 0.6 is 0 Å². The van der Waals surface area contributed by atoms with Crippen molar-refractivity contribution in [3.8, 4) is 11.5 Å². The molecule has 32 heavy (non-hydrogen) atoms. The number of rotatable bonds is 8. The minimum absolute atomic E-state index is 0.245. The molecule has 164 valence electrons. The zero-order chi connectivity index (χ0) is 22.7. The van der Waals surface area contributed by atoms with Crippen molar-refractivity contribution in [1.82, 2.24) is 0 Å². The predicted molar refractivity (Wildman–Crippen MR) is 121 cm³/mol. The maximum atomic E-state index is 13.4. The molecule has 1 unspecified atom stereocenters. The number of hydrogen-bond donors (Lipinski definition) is 1. The molecular weight excluding hydrogens is 406 g/mol. The van der Waals surface area contributed by atoms with Gasteiger partial charge in [-0.25, -0.2) is 0 Å². The Morgan fingerprint density at radius 3 is 2.38 bits per heavy atom. The molecule has 1 aliphatic rings. The van der Waals surface area contributed by atoms with Gasteiger partial charge in [-0.1, -0.05) is 48.5 Å². The zero-order valence-corrected chi connectivity index (χ0v) is 18.1. The van der Waals surface area contributed by atoms with Gasteiger partial charge in [-0.15, -0.1) is 0 Å². The summed E-state index contributed by atoms with van der Waals surface area (Å²) in [6.45, 7) is 2.45. The molecule has 4 rings (SSSR count). The van der Waals surface area contributed by atoms with Crippen molar-refractivity contribution < 1.29 is 24.2 Å². The van der Waals surface area contributed by atoms with Gasteiger partial charge in [-0.2, -0.15) is 0 Å². The van der Waals surface area contributed by atoms with Crippen LogP contribution in [0.4, 0.5) is 5.69 Å². The molecule has 3 aromatic rings. The summed E-state index contributed by atoms with van der Waals surface area (Å²) in [5.41, 5.74) is 0.386. The van der Waals surface area contributed by atoms with Crippen molar-refractivity contribution in [3.05, 3.63) is 89.5 Å². The van der Waals surface area contributed by atoms with Gasteiger partial charge in [0.1, 0.15) is 18.1 Å². The molecule has 1 atom stereocenters. The molecule has 0 radical (unpaired) electrons. The van der Waals surface area contributed by atoms with Gasteiger partial charge in [0.25, 0.3) is 5.91 Å². The minimum Gasteiger partial charge on any atom is -0.496 e. The van der Waals surface area contributed by atoms with E-state index in [1.54, 1.807) is 48.5 Å². The van der Waals surface area contributed by atoms with E-state index in [0.717, 1.165) is 11.3 Å². The topological polar surface area (TPSA) is 76.1 Å². The molecule has 0 bridgehead atoms. The Labute approximate surface area is 187 Å². The van der Waals surface area contributed by atoms with Crippen LogP contribution in [0.25, 0.3) is 0 Å². The lowest BCUT2D eigenvalue weighted by atomic mass is 9.88. The summed E-state index contributed by atoms with van der Waals surface area (Å²) < 4.78 is 11.1. The van der Waals surface area contributed by atoms with E-state index in [-0.39, 0.29) is 25.4 Å². The summed E-state index contributed by atoms with van der Waals surface area (Å²) in [4.78, 5) is 27.9. The van der Waals surface area contributed by atoms with Crippen molar-refractivity contribution in [3.63, 3.8) is 0 Å². The lowest BCUT2D eigenvalue weighted by molar-refractivity contribution is -0.135. The molecule has 0 fully saturated rings. The average Bonchev–Trinajstić information content (AvgIpc) is 3.02. The molecule has 0 aliphatic carbocycles. The summed E-state index contributed by atoms with van der Waals surface area (Å²) in [5.74, 6) is 0.249. The highest BCUT2D eigenvalue weighted by Crippen LogP contribution is 2.43. The number of ether oxygens (including phenoxy) is 2. The number of benzene rings is 3. The third-order valence-electron chi connectivity index (χ3n) is 5.73. The summed E-state index contributed by atoms with van der Waals surface area (Å²) in [7, 11) is 1.48. The normalized spacial score (nSPS) is 17.2. The monoisotopic (exact) mass is 431 g/mol. The molecule has 1 amide bonds. The van der Waals surface area contributed by atoms with Crippen LogP contribution in [0.5, 0.6) is 11.5 Å². The van der Waals surface area contributed by atoms with E-state index in [1.165, 1.54) is 12.0 Å². The van der Waals surface area contributed by atoms with E-state index in [9.17, 15) is 14.7 Å². The quantitative estimate of drug-likeness (QED) is 0.548. The van der Waals surface area contributed by atoms with Crippen molar-refractivity contribution in [2.24, 2.45) is 0 Å². The second kappa shape index (κ2) is 8.85. The number of aliphatic hydroxyl groups is 1. The van der Waals surface area contributed by atoms with Gasteiger partial charge < -0.3 is 19.5 Å². The SMILES string of the molecule is COc1ccccc1C(=O)CC1(O)C(=O)N(CCOc2ccccc2C)c2ccccc21. The minimum atomic E-state index is -1.95. The number of amides is 1. The fraction of sp³-hybridized carbons (Fsp3) is 0.231. The van der Waals surface area contributed by atoms with Crippen LogP contribution in [0, 0.1) is 6.92 Å². The van der Waals surface area contributed by atoms with E-state index in [1.807, 2.05) is 31.2 Å². The highest BCUT2D eigenvalue weighted by molar-refractivity contribution is 6.11. The molecule has 0 saturated carbocycles. The first-order valence-electron chi connectivity index (χ1n) is 10.4. The third-order valence-corrected chi connectivity index (χ3v) is 5.73. The lowest BCUT2D eigenvalue weighted by Gasteiger charge is -2.23. The smallest absolute Gasteiger partial charge is 0.264 e. The van der Waals surface area contributed by atoms with Crippen LogP contribution in [0.3, 0.4) is 0 Å². The van der Waals surface area contributed by atoms with Crippen LogP contribution in [0.15, 0.2) is 72.8 Å². The largest absolute Gasteiger partial charge is 0.496 e. The van der Waals surface area contributed by atoms with Gasteiger partial charge in [-0.05, 0) is 36.8 Å². The fourth-order valence-corrected chi connectivity index (χ4v) is 4.07. The number of Topliss-reactive ketones (excluding diaryl/α,β-unsaturated/α-hetero) is 1. The van der Waals surface area contributed by atoms with Gasteiger partial charge in [0.2, 0.25) is 0 Å². The molecule has 1 N–H and O–H groups in total. The molecular formula is C26H25NO5. The Balaban J connectivity index is 1.56. The Morgan fingerprint density at radius 1 is 0.969 bits per heavy atom. The second-order valence-electron chi connectivity index (χ2n) is 7.75. The molecule has 1 aliphatic heterocycles. The molecule has 0 spiro atoms. The number of aryl methyl sites for hydroxylation is 1. The van der Waals surface area contributed by atoms with Crippen LogP contribution in [-0.4, -0.2) is 37.1 Å². The number of carbonyl (C=O) groups excluding carboxylic acids is 2. The summed E-state index contributed by atoms with van der Waals surface area (Å²) in [6, 6.07) is 21.4. The second-order valence-corrected chi connectivity index (χ2v) is 7.75. The highest BCUT2D eigenvalue weighted by Gasteiger charge is 2.50. The van der Waals surface area contributed by atoms with E-state index in [4.69, 9.17) is 9.47 Å². The summed E-state index contributed by atoms with van der Waals surface area (Å²) in [6.07, 6.45) is -0.377. The van der Waals surface area contributed by atoms with E-state index in [2.05, 4.69) is 0 Å². The number of para-hydroxylation sites is 3. The van der Waals surface area contributed by atoms with Crippen LogP contribution in [0.1, 0.15) is 27.9 Å². The number of anilines is 1. The van der Waals surface area contributed by atoms with Crippen LogP contribution in [0.2, 0.25) is 0 Å². The Morgan fingerprint density at radius 2 is 1.62 bits per heavy atom. The van der Waals surface area contributed by atoms with E-state index in [0.29, 0.717) is 22.6 Å². The third kappa shape index (κ3) is 3.85. The Bertz CT molecular complexity index is 1160. The number of hydrogen-bond acceptors (Lipinski definition) is 5. The molecule has 0 saturated heterocycles. The molecule has 6 nitrogen and oxygen atoms in total. The van der Waals surface area contributed by atoms with Gasteiger partial charge in [0.05, 0.1) is 31.3 Å². The van der Waals surface area contributed by atoms with Crippen molar-refractivity contribution in [1.29, 1.82) is 0 Å². The van der Waals surface area contributed by atoms with Crippen LogP contribution in [-0.2, 0) is 10.4 Å². The van der Waals surface area contributed by atoms with E-state index >= 15 is 0 Å². The number of carbonyl (C=O) groups is 2. The maximum absolute atomic E-state index is 13.4. The Kier molecular flexibility index (Phi) is 5.97. The van der Waals surface area contributed by atoms with Crippen molar-refractivity contribution >= 4 is 17.4 Å². The van der Waals surface area contributed by atoms with Gasteiger partial charge >= 0.3 is 0 Å². The molecule has 1 heterocycles. The van der Waals surface area contributed by atoms with Gasteiger partial charge in [-0.3, -0.25) is 9.59 Å². The first-order chi connectivity index (χ1) is 15.5. The summed E-state index contributed by atoms with van der Waals surface area (Å²) >= 11 is 0. The summed E-state index contributed by atoms with van der Waals surface area (Å²) in [5, 5.41) is 11.4. The number of methoxy groups -OCH3 is 1. The molecule has 3 aromatic carbocycles. The number of fused-ring (bicyclic) bond motifs is 1. The van der Waals surface area contributed by atoms with Crippen molar-refractivity contribution in [2.45, 2.75) is 18.9 Å². The standard InChI is InChI=1S/C26H25NO5/c1-18-9-3-7-13-23(18)32-16-15-27-21-12-6-5-11-20(21)26(30,25(27)29)17-22(28)19-10-4-8-14-24(19)31-2/h3-14,30H,15-17H2,1-2H3. The number of nitrogens with zero attached hydrogens (tertiary/aromatic N) is 1. The first kappa shape index (κ1) is 21.6. The van der Waals surface area contributed by atoms with Crippen LogP contribution < -0.4 is 14.4 Å². The molecule has 6 heteroatoms. The van der Waals surface area contributed by atoms with E-state index < -0.39 is 11.5 Å². The Hall–Kier alpha value is -3.64. The molecule has 0 aromatic heterocycles.